The second-order valence-electron chi connectivity index (χ2n) is 3.53. The Bertz CT molecular complexity index is 316. The van der Waals surface area contributed by atoms with Gasteiger partial charge in [-0.25, -0.2) is 0 Å². The van der Waals surface area contributed by atoms with Gasteiger partial charge in [-0.1, -0.05) is 13.3 Å². The number of hydrogen-bond donors (Lipinski definition) is 0. The van der Waals surface area contributed by atoms with E-state index in [1.165, 1.54) is 19.4 Å². The summed E-state index contributed by atoms with van der Waals surface area (Å²) in [6.07, 6.45) is 6.87. The van der Waals surface area contributed by atoms with Gasteiger partial charge in [0.05, 0.1) is 21.9 Å². The van der Waals surface area contributed by atoms with Gasteiger partial charge in [-0.15, -0.1) is 0 Å². The average molecular weight is 465 g/mol. The van der Waals surface area contributed by atoms with Gasteiger partial charge in [0.1, 0.15) is 0 Å². The molecule has 15 heteroatoms. The molecule has 0 aliphatic carbocycles. The van der Waals surface area contributed by atoms with Gasteiger partial charge in [-0.2, -0.15) is 0 Å². The maximum atomic E-state index is 8.25. The van der Waals surface area contributed by atoms with E-state index in [0.717, 1.165) is 6.67 Å². The Labute approximate surface area is 158 Å². The predicted molar refractivity (Wildman–Crippen MR) is 74.5 cm³/mol. The Hall–Kier alpha value is -1.87. The fourth-order valence-electron chi connectivity index (χ4n) is 1.10. The van der Waals surface area contributed by atoms with Crippen molar-refractivity contribution in [3.63, 3.8) is 0 Å². The van der Waals surface area contributed by atoms with E-state index in [9.17, 15) is 0 Å². The van der Waals surface area contributed by atoms with Gasteiger partial charge in [0.2, 0.25) is 0 Å². The molecular weight excluding hydrogens is 449 g/mol. The van der Waals surface area contributed by atoms with Crippen molar-refractivity contribution in [2.45, 2.75) is 19.8 Å². The summed E-state index contributed by atoms with van der Waals surface area (Å²) in [6, 6.07) is 0. The summed E-state index contributed by atoms with van der Waals surface area (Å²) in [5.41, 5.74) is 0. The molecule has 0 amide bonds. The molecular formula is C8H16LaN5O9. The standard InChI is InChI=1S/C8H16N2.La.3NO3/c1-3-4-5-10-7-6-9(2)8-10;;3*2-1(3)4/h6-7H,3-5,8H2,1-2H3;;;;/q;+3;3*-1. The molecule has 0 atom stereocenters. The molecule has 0 unspecified atom stereocenters. The van der Waals surface area contributed by atoms with Crippen molar-refractivity contribution in [2.75, 3.05) is 20.3 Å². The van der Waals surface area contributed by atoms with Crippen molar-refractivity contribution in [3.05, 3.63) is 58.4 Å². The van der Waals surface area contributed by atoms with E-state index in [1.54, 1.807) is 0 Å². The van der Waals surface area contributed by atoms with E-state index in [-0.39, 0.29) is 35.6 Å². The van der Waals surface area contributed by atoms with Gasteiger partial charge in [-0.3, -0.25) is 0 Å². The molecule has 0 aromatic rings. The van der Waals surface area contributed by atoms with Crippen LogP contribution < -0.4 is 0 Å². The van der Waals surface area contributed by atoms with Crippen LogP contribution in [0.3, 0.4) is 0 Å². The zero-order valence-electron chi connectivity index (χ0n) is 12.5. The fourth-order valence-corrected chi connectivity index (χ4v) is 1.10. The molecule has 1 aliphatic rings. The summed E-state index contributed by atoms with van der Waals surface area (Å²) in [5.74, 6) is 0. The first-order chi connectivity index (χ1) is 10.0. The molecule has 130 valence electrons. The fraction of sp³-hybridized carbons (Fsp3) is 0.750. The summed E-state index contributed by atoms with van der Waals surface area (Å²) >= 11 is 0. The smallest absolute Gasteiger partial charge is 0.362 e. The van der Waals surface area contributed by atoms with Crippen molar-refractivity contribution in [2.24, 2.45) is 0 Å². The molecule has 0 saturated carbocycles. The summed E-state index contributed by atoms with van der Waals surface area (Å²) in [5, 5.41) is 44.2. The zero-order valence-corrected chi connectivity index (χ0v) is 16.1. The summed E-state index contributed by atoms with van der Waals surface area (Å²) in [4.78, 5) is 29.3. The minimum Gasteiger partial charge on any atom is -0.362 e. The van der Waals surface area contributed by atoms with E-state index in [2.05, 4.69) is 36.2 Å². The van der Waals surface area contributed by atoms with Gasteiger partial charge in [0.15, 0.2) is 0 Å². The SMILES string of the molecule is CCCCN1C=CN(C)C1.O=[N+]([O-])[O-].O=[N+]([O-])[O-].O=[N+]([O-])[O-].[La+3]. The second-order valence-corrected chi connectivity index (χ2v) is 3.53. The van der Waals surface area contributed by atoms with Gasteiger partial charge < -0.3 is 55.8 Å². The largest absolute Gasteiger partial charge is 3.00 e. The Morgan fingerprint density at radius 2 is 1.26 bits per heavy atom. The van der Waals surface area contributed by atoms with Crippen LogP contribution in [0.1, 0.15) is 19.8 Å². The van der Waals surface area contributed by atoms with Crippen LogP contribution in [0.15, 0.2) is 12.4 Å². The first kappa shape index (κ1) is 29.2. The summed E-state index contributed by atoms with van der Waals surface area (Å²) < 4.78 is 0. The van der Waals surface area contributed by atoms with Crippen molar-refractivity contribution >= 4 is 0 Å². The van der Waals surface area contributed by atoms with E-state index in [1.807, 2.05) is 0 Å². The summed E-state index contributed by atoms with van der Waals surface area (Å²) in [7, 11) is 2.10. The van der Waals surface area contributed by atoms with Crippen LogP contribution in [0.25, 0.3) is 0 Å². The monoisotopic (exact) mass is 465 g/mol. The molecule has 0 bridgehead atoms. The third kappa shape index (κ3) is 53.4. The van der Waals surface area contributed by atoms with Crippen molar-refractivity contribution in [1.82, 2.24) is 9.80 Å². The minimum absolute atomic E-state index is 0. The number of unbranched alkanes of at least 4 members (excludes halogenated alkanes) is 1. The maximum Gasteiger partial charge on any atom is 3.00 e. The predicted octanol–water partition coefficient (Wildman–Crippen LogP) is 0.745. The molecule has 1 rings (SSSR count). The molecule has 0 spiro atoms. The van der Waals surface area contributed by atoms with Crippen molar-refractivity contribution < 1.29 is 50.9 Å². The topological polar surface area (TPSA) is 205 Å². The van der Waals surface area contributed by atoms with Crippen LogP contribution in [0.2, 0.25) is 0 Å². The van der Waals surface area contributed by atoms with Crippen molar-refractivity contribution in [3.8, 4) is 0 Å². The first-order valence-electron chi connectivity index (χ1n) is 5.60. The molecule has 0 radical (unpaired) electrons. The molecule has 1 aliphatic heterocycles. The second kappa shape index (κ2) is 20.1. The molecule has 1 heterocycles. The Kier molecular flexibility index (Phi) is 25.5. The molecule has 0 saturated heterocycles. The van der Waals surface area contributed by atoms with E-state index < -0.39 is 15.3 Å². The van der Waals surface area contributed by atoms with Crippen molar-refractivity contribution in [1.29, 1.82) is 0 Å². The quantitative estimate of drug-likeness (QED) is 0.420. The summed E-state index contributed by atoms with van der Waals surface area (Å²) in [6.45, 7) is 4.50. The molecule has 0 fully saturated rings. The Balaban J connectivity index is -0.000000118. The molecule has 0 aromatic carbocycles. The van der Waals surface area contributed by atoms with Crippen LogP contribution in [-0.4, -0.2) is 45.3 Å². The molecule has 0 aromatic heterocycles. The van der Waals surface area contributed by atoms with Crippen LogP contribution in [0.4, 0.5) is 0 Å². The van der Waals surface area contributed by atoms with Gasteiger partial charge in [0, 0.05) is 26.0 Å². The first-order valence-corrected chi connectivity index (χ1v) is 5.60. The van der Waals surface area contributed by atoms with Crippen LogP contribution >= 0.6 is 0 Å². The number of hydrogen-bond acceptors (Lipinski definition) is 11. The number of nitrogens with zero attached hydrogens (tertiary/aromatic N) is 5. The third-order valence-corrected chi connectivity index (χ3v) is 1.74. The van der Waals surface area contributed by atoms with E-state index >= 15 is 0 Å². The Morgan fingerprint density at radius 1 is 0.913 bits per heavy atom. The van der Waals surface area contributed by atoms with Crippen LogP contribution in [0, 0.1) is 81.6 Å². The van der Waals surface area contributed by atoms with Gasteiger partial charge in [-0.05, 0) is 6.42 Å². The minimum atomic E-state index is -1.75. The molecule has 0 N–H and O–H groups in total. The average Bonchev–Trinajstić information content (AvgIpc) is 2.70. The molecule has 14 nitrogen and oxygen atoms in total. The van der Waals surface area contributed by atoms with E-state index in [0.29, 0.717) is 0 Å². The van der Waals surface area contributed by atoms with Crippen LogP contribution in [-0.2, 0) is 0 Å². The van der Waals surface area contributed by atoms with Gasteiger partial charge >= 0.3 is 35.6 Å². The number of rotatable bonds is 3. The Morgan fingerprint density at radius 3 is 1.48 bits per heavy atom. The zero-order chi connectivity index (χ0) is 18.1. The van der Waals surface area contributed by atoms with Gasteiger partial charge in [0.25, 0.3) is 0 Å². The maximum absolute atomic E-state index is 8.25. The van der Waals surface area contributed by atoms with Crippen LogP contribution in [0.5, 0.6) is 0 Å². The molecule has 23 heavy (non-hydrogen) atoms. The third-order valence-electron chi connectivity index (χ3n) is 1.74. The van der Waals surface area contributed by atoms with E-state index in [4.69, 9.17) is 46.0 Å². The normalized spacial score (nSPS) is 10.5.